The third kappa shape index (κ3) is 4.42. The first-order valence-corrected chi connectivity index (χ1v) is 8.20. The Morgan fingerprint density at radius 3 is 2.78 bits per heavy atom. The lowest BCUT2D eigenvalue weighted by molar-refractivity contribution is 0.157. The van der Waals surface area contributed by atoms with E-state index in [1.165, 1.54) is 0 Å². The van der Waals surface area contributed by atoms with E-state index in [2.05, 4.69) is 11.9 Å². The van der Waals surface area contributed by atoms with Gasteiger partial charge >= 0.3 is 0 Å². The Morgan fingerprint density at radius 2 is 2.17 bits per heavy atom. The summed E-state index contributed by atoms with van der Waals surface area (Å²) >= 11 is 0. The normalized spacial score (nSPS) is 13.7. The molecule has 0 aliphatic heterocycles. The fraction of sp³-hybridized carbons (Fsp3) is 0.750. The third-order valence-corrected chi connectivity index (χ3v) is 4.71. The van der Waals surface area contributed by atoms with E-state index in [1.807, 2.05) is 4.57 Å². The first kappa shape index (κ1) is 15.2. The number of nitrogens with zero attached hydrogens (tertiary/aromatic N) is 2. The number of imidazole rings is 1. The number of hydrogen-bond donors (Lipinski definition) is 1. The van der Waals surface area contributed by atoms with Crippen LogP contribution in [-0.4, -0.2) is 34.6 Å². The van der Waals surface area contributed by atoms with E-state index >= 15 is 0 Å². The van der Waals surface area contributed by atoms with Gasteiger partial charge in [-0.3, -0.25) is 0 Å². The highest BCUT2D eigenvalue weighted by atomic mass is 32.2. The molecule has 1 aromatic rings. The van der Waals surface area contributed by atoms with Gasteiger partial charge in [-0.25, -0.2) is 13.4 Å². The summed E-state index contributed by atoms with van der Waals surface area (Å²) < 4.78 is 24.6. The zero-order valence-corrected chi connectivity index (χ0v) is 11.9. The Bertz CT molecular complexity index is 454. The summed E-state index contributed by atoms with van der Waals surface area (Å²) in [4.78, 5) is 4.02. The lowest BCUT2D eigenvalue weighted by Crippen LogP contribution is -2.11. The summed E-state index contributed by atoms with van der Waals surface area (Å²) in [6, 6.07) is 0. The Morgan fingerprint density at radius 1 is 1.44 bits per heavy atom. The maximum atomic E-state index is 11.3. The van der Waals surface area contributed by atoms with Crippen LogP contribution in [0.5, 0.6) is 0 Å². The molecule has 18 heavy (non-hydrogen) atoms. The van der Waals surface area contributed by atoms with Gasteiger partial charge in [0, 0.05) is 12.3 Å². The van der Waals surface area contributed by atoms with Crippen LogP contribution in [0.2, 0.25) is 0 Å². The van der Waals surface area contributed by atoms with Crippen molar-refractivity contribution < 1.29 is 13.5 Å². The van der Waals surface area contributed by atoms with E-state index in [-0.39, 0.29) is 11.5 Å². The van der Waals surface area contributed by atoms with E-state index < -0.39 is 15.9 Å². The molecule has 0 fully saturated rings. The smallest absolute Gasteiger partial charge is 0.150 e. The lowest BCUT2D eigenvalue weighted by atomic mass is 10.1. The van der Waals surface area contributed by atoms with Crippen molar-refractivity contribution >= 4 is 9.84 Å². The Labute approximate surface area is 109 Å². The molecule has 1 rings (SSSR count). The van der Waals surface area contributed by atoms with Crippen molar-refractivity contribution in [3.8, 4) is 0 Å². The van der Waals surface area contributed by atoms with Gasteiger partial charge in [0.2, 0.25) is 0 Å². The quantitative estimate of drug-likeness (QED) is 0.780. The highest BCUT2D eigenvalue weighted by Gasteiger charge is 2.14. The second-order valence-electron chi connectivity index (χ2n) is 4.41. The molecule has 5 nitrogen and oxygen atoms in total. The molecule has 1 aromatic heterocycles. The zero-order valence-electron chi connectivity index (χ0n) is 11.0. The molecule has 1 heterocycles. The average Bonchev–Trinajstić information content (AvgIpc) is 2.77. The minimum atomic E-state index is -2.94. The van der Waals surface area contributed by atoms with Crippen LogP contribution < -0.4 is 0 Å². The van der Waals surface area contributed by atoms with Crippen molar-refractivity contribution in [3.63, 3.8) is 0 Å². The highest BCUT2D eigenvalue weighted by Crippen LogP contribution is 2.18. The summed E-state index contributed by atoms with van der Waals surface area (Å²) in [5.74, 6) is 0.305. The maximum Gasteiger partial charge on any atom is 0.150 e. The number of aromatic nitrogens is 2. The van der Waals surface area contributed by atoms with Crippen LogP contribution in [0.3, 0.4) is 0 Å². The molecule has 0 bridgehead atoms. The second-order valence-corrected chi connectivity index (χ2v) is 6.88. The van der Waals surface area contributed by atoms with Gasteiger partial charge in [-0.2, -0.15) is 0 Å². The molecular formula is C12H22N2O3S. The van der Waals surface area contributed by atoms with Crippen molar-refractivity contribution in [2.24, 2.45) is 0 Å². The van der Waals surface area contributed by atoms with Crippen molar-refractivity contribution in [3.05, 3.63) is 18.2 Å². The van der Waals surface area contributed by atoms with Crippen molar-refractivity contribution in [1.82, 2.24) is 9.55 Å². The monoisotopic (exact) mass is 274 g/mol. The fourth-order valence-electron chi connectivity index (χ4n) is 1.83. The molecule has 1 atom stereocenters. The predicted molar refractivity (Wildman–Crippen MR) is 71.0 cm³/mol. The number of aliphatic hydroxyl groups excluding tert-OH is 1. The minimum Gasteiger partial charge on any atom is -0.387 e. The van der Waals surface area contributed by atoms with Crippen LogP contribution in [0.15, 0.2) is 12.5 Å². The summed E-state index contributed by atoms with van der Waals surface area (Å²) in [5, 5.41) is 10.0. The molecule has 0 saturated heterocycles. The van der Waals surface area contributed by atoms with Crippen LogP contribution in [-0.2, 0) is 16.4 Å². The SMILES string of the molecule is CCCn1cncc1C(O)CCCS(=O)(=O)CC. The van der Waals surface area contributed by atoms with Crippen molar-refractivity contribution in [1.29, 1.82) is 0 Å². The van der Waals surface area contributed by atoms with Crippen LogP contribution in [0.25, 0.3) is 0 Å². The van der Waals surface area contributed by atoms with E-state index in [1.54, 1.807) is 19.4 Å². The number of rotatable bonds is 8. The first-order chi connectivity index (χ1) is 8.50. The fourth-order valence-corrected chi connectivity index (χ4v) is 2.72. The molecular weight excluding hydrogens is 252 g/mol. The van der Waals surface area contributed by atoms with Crippen LogP contribution in [0.4, 0.5) is 0 Å². The summed E-state index contributed by atoms with van der Waals surface area (Å²) in [5.41, 5.74) is 0.769. The van der Waals surface area contributed by atoms with Gasteiger partial charge in [-0.05, 0) is 19.3 Å². The zero-order chi connectivity index (χ0) is 13.6. The highest BCUT2D eigenvalue weighted by molar-refractivity contribution is 7.91. The third-order valence-electron chi connectivity index (χ3n) is 2.92. The molecule has 1 unspecified atom stereocenters. The van der Waals surface area contributed by atoms with Crippen LogP contribution >= 0.6 is 0 Å². The molecule has 1 N–H and O–H groups in total. The molecule has 0 aliphatic carbocycles. The number of aryl methyl sites for hydroxylation is 1. The van der Waals surface area contributed by atoms with Crippen LogP contribution in [0, 0.1) is 0 Å². The molecule has 0 amide bonds. The van der Waals surface area contributed by atoms with Gasteiger partial charge in [-0.1, -0.05) is 13.8 Å². The first-order valence-electron chi connectivity index (χ1n) is 6.38. The number of hydrogen-bond acceptors (Lipinski definition) is 4. The Hall–Kier alpha value is -0.880. The topological polar surface area (TPSA) is 72.2 Å². The largest absolute Gasteiger partial charge is 0.387 e. The maximum absolute atomic E-state index is 11.3. The summed E-state index contributed by atoms with van der Waals surface area (Å²) in [6.45, 7) is 4.52. The molecule has 104 valence electrons. The summed E-state index contributed by atoms with van der Waals surface area (Å²) in [7, 11) is -2.94. The molecule has 0 aromatic carbocycles. The van der Waals surface area contributed by atoms with Gasteiger partial charge < -0.3 is 9.67 Å². The Balaban J connectivity index is 2.50. The van der Waals surface area contributed by atoms with E-state index in [9.17, 15) is 13.5 Å². The van der Waals surface area contributed by atoms with Gasteiger partial charge in [0.25, 0.3) is 0 Å². The number of sulfone groups is 1. The lowest BCUT2D eigenvalue weighted by Gasteiger charge is -2.13. The molecule has 0 aliphatic rings. The van der Waals surface area contributed by atoms with E-state index in [0.29, 0.717) is 12.8 Å². The second kappa shape index (κ2) is 6.89. The van der Waals surface area contributed by atoms with Gasteiger partial charge in [0.15, 0.2) is 0 Å². The van der Waals surface area contributed by atoms with Crippen LogP contribution in [0.1, 0.15) is 44.9 Å². The molecule has 0 radical (unpaired) electrons. The number of aliphatic hydroxyl groups is 1. The van der Waals surface area contributed by atoms with Gasteiger partial charge in [0.1, 0.15) is 9.84 Å². The predicted octanol–water partition coefficient (Wildman–Crippen LogP) is 1.54. The molecule has 6 heteroatoms. The van der Waals surface area contributed by atoms with E-state index in [0.717, 1.165) is 18.7 Å². The van der Waals surface area contributed by atoms with E-state index in [4.69, 9.17) is 0 Å². The molecule has 0 spiro atoms. The Kier molecular flexibility index (Phi) is 5.81. The van der Waals surface area contributed by atoms with Gasteiger partial charge in [0.05, 0.1) is 30.1 Å². The van der Waals surface area contributed by atoms with Crippen molar-refractivity contribution in [2.75, 3.05) is 11.5 Å². The summed E-state index contributed by atoms with van der Waals surface area (Å²) in [6.07, 6.45) is 4.62. The average molecular weight is 274 g/mol. The molecule has 0 saturated carbocycles. The standard InChI is InChI=1S/C12H22N2O3S/c1-3-7-14-10-13-9-11(14)12(15)6-5-8-18(16,17)4-2/h9-10,12,15H,3-8H2,1-2H3. The van der Waals surface area contributed by atoms with Crippen molar-refractivity contribution in [2.45, 2.75) is 45.8 Å². The van der Waals surface area contributed by atoms with Gasteiger partial charge in [-0.15, -0.1) is 0 Å². The minimum absolute atomic E-state index is 0.141.